The maximum atomic E-state index is 12.7. The molecule has 0 atom stereocenters. The first-order valence-electron chi connectivity index (χ1n) is 5.60. The number of nitrogens with one attached hydrogen (secondary N) is 1. The first-order chi connectivity index (χ1) is 9.77. The molecule has 0 aliphatic rings. The number of carboxylic acid groups (broad SMARTS) is 1. The van der Waals surface area contributed by atoms with E-state index in [0.717, 1.165) is 18.3 Å². The van der Waals surface area contributed by atoms with Crippen LogP contribution in [0.5, 0.6) is 0 Å². The van der Waals surface area contributed by atoms with Crippen LogP contribution < -0.4 is 5.32 Å². The zero-order valence-electron chi connectivity index (χ0n) is 10.3. The van der Waals surface area contributed by atoms with Gasteiger partial charge in [0.05, 0.1) is 16.8 Å². The van der Waals surface area contributed by atoms with Gasteiger partial charge in [0.25, 0.3) is 0 Å². The molecule has 1 aromatic heterocycles. The Bertz CT molecular complexity index is 672. The van der Waals surface area contributed by atoms with E-state index in [-0.39, 0.29) is 17.1 Å². The predicted octanol–water partition coefficient (Wildman–Crippen LogP) is 4.30. The first-order valence-corrected chi connectivity index (χ1v) is 6.40. The summed E-state index contributed by atoms with van der Waals surface area (Å²) in [4.78, 5) is 14.5. The smallest absolute Gasteiger partial charge is 0.416 e. The summed E-state index contributed by atoms with van der Waals surface area (Å²) in [6, 6.07) is 5.85. The first kappa shape index (κ1) is 15.3. The zero-order chi connectivity index (χ0) is 15.6. The minimum absolute atomic E-state index is 0.0105. The van der Waals surface area contributed by atoms with Crippen LogP contribution in [0.2, 0.25) is 0 Å². The molecule has 1 aromatic carbocycles. The Morgan fingerprint density at radius 2 is 1.95 bits per heavy atom. The van der Waals surface area contributed by atoms with Gasteiger partial charge in [-0.2, -0.15) is 13.2 Å². The maximum Gasteiger partial charge on any atom is 0.416 e. The van der Waals surface area contributed by atoms with Gasteiger partial charge >= 0.3 is 12.1 Å². The summed E-state index contributed by atoms with van der Waals surface area (Å²) in [5.41, 5.74) is -0.626. The van der Waals surface area contributed by atoms with Gasteiger partial charge < -0.3 is 10.4 Å². The molecule has 0 unspecified atom stereocenters. The second kappa shape index (κ2) is 5.72. The minimum atomic E-state index is -4.45. The van der Waals surface area contributed by atoms with Crippen LogP contribution in [0.1, 0.15) is 15.9 Å². The Hall–Kier alpha value is -2.09. The van der Waals surface area contributed by atoms with Crippen molar-refractivity contribution in [3.63, 3.8) is 0 Å². The summed E-state index contributed by atoms with van der Waals surface area (Å²) in [6.07, 6.45) is -3.33. The van der Waals surface area contributed by atoms with Crippen LogP contribution in [0.3, 0.4) is 0 Å². The number of alkyl halides is 3. The van der Waals surface area contributed by atoms with E-state index < -0.39 is 17.7 Å². The summed E-state index contributed by atoms with van der Waals surface area (Å²) < 4.78 is 38.4. The summed E-state index contributed by atoms with van der Waals surface area (Å²) in [5.74, 6) is -0.894. The van der Waals surface area contributed by atoms with Crippen LogP contribution in [0.4, 0.5) is 24.7 Å². The number of carbonyl (C=O) groups is 1. The number of anilines is 2. The van der Waals surface area contributed by atoms with Crippen LogP contribution in [0.15, 0.2) is 41.0 Å². The lowest BCUT2D eigenvalue weighted by molar-refractivity contribution is -0.137. The molecule has 8 heteroatoms. The fourth-order valence-corrected chi connectivity index (χ4v) is 1.88. The second-order valence-corrected chi connectivity index (χ2v) is 4.91. The fraction of sp³-hybridized carbons (Fsp3) is 0.0769. The molecule has 0 fully saturated rings. The van der Waals surface area contributed by atoms with Gasteiger partial charge in [-0.05, 0) is 46.3 Å². The van der Waals surface area contributed by atoms with Crippen molar-refractivity contribution in [3.05, 3.63) is 52.1 Å². The molecule has 0 spiro atoms. The number of aromatic carboxylic acids is 1. The average molecular weight is 361 g/mol. The molecule has 0 amide bonds. The standard InChI is InChI=1S/C13H8BrF3N2O2/c14-9-3-2-8(13(15,16)17)5-10(9)19-11-4-1-7(6-18-11)12(20)21/h1-6H,(H,18,19)(H,20,21). The number of aromatic nitrogens is 1. The molecular formula is C13H8BrF3N2O2. The van der Waals surface area contributed by atoms with E-state index in [1.165, 1.54) is 18.2 Å². The summed E-state index contributed by atoms with van der Waals surface area (Å²) in [7, 11) is 0. The monoisotopic (exact) mass is 360 g/mol. The molecule has 0 radical (unpaired) electrons. The lowest BCUT2D eigenvalue weighted by Crippen LogP contribution is -2.06. The topological polar surface area (TPSA) is 62.2 Å². The van der Waals surface area contributed by atoms with Crippen LogP contribution >= 0.6 is 15.9 Å². The SMILES string of the molecule is O=C(O)c1ccc(Nc2cc(C(F)(F)F)ccc2Br)nc1. The number of pyridine rings is 1. The van der Waals surface area contributed by atoms with Crippen molar-refractivity contribution in [1.82, 2.24) is 4.98 Å². The highest BCUT2D eigenvalue weighted by atomic mass is 79.9. The zero-order valence-corrected chi connectivity index (χ0v) is 11.9. The second-order valence-electron chi connectivity index (χ2n) is 4.05. The van der Waals surface area contributed by atoms with Crippen molar-refractivity contribution in [2.45, 2.75) is 6.18 Å². The number of hydrogen-bond acceptors (Lipinski definition) is 3. The number of hydrogen-bond donors (Lipinski definition) is 2. The quantitative estimate of drug-likeness (QED) is 0.856. The number of benzene rings is 1. The third kappa shape index (κ3) is 3.72. The van der Waals surface area contributed by atoms with Crippen LogP contribution in [-0.4, -0.2) is 16.1 Å². The molecule has 2 rings (SSSR count). The van der Waals surface area contributed by atoms with Crippen LogP contribution in [0, 0.1) is 0 Å². The van der Waals surface area contributed by atoms with Crippen molar-refractivity contribution in [3.8, 4) is 0 Å². The molecule has 1 heterocycles. The van der Waals surface area contributed by atoms with Crippen molar-refractivity contribution in [2.75, 3.05) is 5.32 Å². The number of rotatable bonds is 3. The van der Waals surface area contributed by atoms with Crippen molar-refractivity contribution in [2.24, 2.45) is 0 Å². The highest BCUT2D eigenvalue weighted by Crippen LogP contribution is 2.34. The molecule has 4 nitrogen and oxygen atoms in total. The predicted molar refractivity (Wildman–Crippen MR) is 73.6 cm³/mol. The van der Waals surface area contributed by atoms with Gasteiger partial charge in [-0.3, -0.25) is 0 Å². The van der Waals surface area contributed by atoms with Gasteiger partial charge in [-0.25, -0.2) is 9.78 Å². The molecule has 0 aliphatic carbocycles. The summed E-state index contributed by atoms with van der Waals surface area (Å²) >= 11 is 3.14. The highest BCUT2D eigenvalue weighted by Gasteiger charge is 2.30. The fourth-order valence-electron chi connectivity index (χ4n) is 1.53. The Kier molecular flexibility index (Phi) is 4.17. The molecule has 0 saturated heterocycles. The Morgan fingerprint density at radius 1 is 1.24 bits per heavy atom. The third-order valence-corrected chi connectivity index (χ3v) is 3.26. The molecule has 110 valence electrons. The lowest BCUT2D eigenvalue weighted by Gasteiger charge is -2.12. The van der Waals surface area contributed by atoms with E-state index in [9.17, 15) is 18.0 Å². The number of nitrogens with zero attached hydrogens (tertiary/aromatic N) is 1. The number of carboxylic acids is 1. The van der Waals surface area contributed by atoms with Gasteiger partial charge in [0.2, 0.25) is 0 Å². The van der Waals surface area contributed by atoms with E-state index in [2.05, 4.69) is 26.2 Å². The van der Waals surface area contributed by atoms with Crippen molar-refractivity contribution >= 4 is 33.4 Å². The summed E-state index contributed by atoms with van der Waals surface area (Å²) in [6.45, 7) is 0. The molecule has 2 N–H and O–H groups in total. The Labute approximate surface area is 125 Å². The largest absolute Gasteiger partial charge is 0.478 e. The summed E-state index contributed by atoms with van der Waals surface area (Å²) in [5, 5.41) is 11.4. The van der Waals surface area contributed by atoms with Crippen LogP contribution in [0.25, 0.3) is 0 Å². The molecule has 21 heavy (non-hydrogen) atoms. The van der Waals surface area contributed by atoms with Crippen LogP contribution in [-0.2, 0) is 6.18 Å². The highest BCUT2D eigenvalue weighted by molar-refractivity contribution is 9.10. The Morgan fingerprint density at radius 3 is 2.48 bits per heavy atom. The average Bonchev–Trinajstić information content (AvgIpc) is 2.40. The van der Waals surface area contributed by atoms with Gasteiger partial charge in [-0.15, -0.1) is 0 Å². The van der Waals surface area contributed by atoms with Gasteiger partial charge in [0.15, 0.2) is 0 Å². The molecule has 0 aliphatic heterocycles. The van der Waals surface area contributed by atoms with E-state index in [4.69, 9.17) is 5.11 Å². The minimum Gasteiger partial charge on any atom is -0.478 e. The van der Waals surface area contributed by atoms with Crippen molar-refractivity contribution in [1.29, 1.82) is 0 Å². The molecule has 0 saturated carbocycles. The molecular weight excluding hydrogens is 353 g/mol. The lowest BCUT2D eigenvalue weighted by atomic mass is 10.2. The van der Waals surface area contributed by atoms with Gasteiger partial charge in [-0.1, -0.05) is 0 Å². The molecule has 0 bridgehead atoms. The normalized spacial score (nSPS) is 11.2. The third-order valence-electron chi connectivity index (χ3n) is 2.57. The van der Waals surface area contributed by atoms with E-state index in [0.29, 0.717) is 4.47 Å². The maximum absolute atomic E-state index is 12.7. The van der Waals surface area contributed by atoms with E-state index >= 15 is 0 Å². The van der Waals surface area contributed by atoms with E-state index in [1.54, 1.807) is 0 Å². The number of halogens is 4. The van der Waals surface area contributed by atoms with E-state index in [1.807, 2.05) is 0 Å². The van der Waals surface area contributed by atoms with Gasteiger partial charge in [0, 0.05) is 10.7 Å². The molecule has 2 aromatic rings. The Balaban J connectivity index is 2.28. The van der Waals surface area contributed by atoms with Gasteiger partial charge in [0.1, 0.15) is 5.82 Å². The van der Waals surface area contributed by atoms with Crippen molar-refractivity contribution < 1.29 is 23.1 Å².